The topological polar surface area (TPSA) is 104 Å². The number of nitrogens with zero attached hydrogens (tertiary/aromatic N) is 3. The van der Waals surface area contributed by atoms with Gasteiger partial charge >= 0.3 is 0 Å². The molecule has 8 heteroatoms. The van der Waals surface area contributed by atoms with Gasteiger partial charge in [-0.3, -0.25) is 9.59 Å². The Hall–Kier alpha value is -3.16. The molecular weight excluding hydrogens is 382 g/mol. The number of carbonyl (C=O) groups excluding carboxylic acids is 2. The fourth-order valence-corrected chi connectivity index (χ4v) is 5.30. The van der Waals surface area contributed by atoms with Crippen LogP contribution in [0.25, 0.3) is 11.1 Å². The third-order valence-corrected chi connectivity index (χ3v) is 6.72. The van der Waals surface area contributed by atoms with Crippen LogP contribution in [0.1, 0.15) is 44.3 Å². The zero-order valence-corrected chi connectivity index (χ0v) is 16.9. The van der Waals surface area contributed by atoms with Crippen molar-refractivity contribution in [1.29, 1.82) is 0 Å². The molecule has 2 aliphatic rings. The Bertz CT molecular complexity index is 1040. The van der Waals surface area contributed by atoms with Gasteiger partial charge in [-0.15, -0.1) is 0 Å². The van der Waals surface area contributed by atoms with Crippen LogP contribution in [0.3, 0.4) is 0 Å². The summed E-state index contributed by atoms with van der Waals surface area (Å²) in [6.45, 7) is 2.40. The SMILES string of the molecule is CC[C@]1(C(=O)NCc2ncc[nH]2)C[C@H]2CC[C@@H]1N2C(=O)Cc1nc2ccccc2o1. The minimum atomic E-state index is -0.549. The van der Waals surface area contributed by atoms with E-state index in [-0.39, 0.29) is 30.3 Å². The molecule has 5 rings (SSSR count). The highest BCUT2D eigenvalue weighted by molar-refractivity contribution is 5.87. The molecule has 8 nitrogen and oxygen atoms in total. The number of para-hydroxylation sites is 2. The summed E-state index contributed by atoms with van der Waals surface area (Å²) in [6.07, 6.45) is 6.73. The smallest absolute Gasteiger partial charge is 0.232 e. The fraction of sp³-hybridized carbons (Fsp3) is 0.455. The normalized spacial score (nSPS) is 25.2. The van der Waals surface area contributed by atoms with Crippen molar-refractivity contribution in [2.24, 2.45) is 5.41 Å². The predicted molar refractivity (Wildman–Crippen MR) is 109 cm³/mol. The number of oxazole rings is 1. The number of hydrogen-bond donors (Lipinski definition) is 2. The Labute approximate surface area is 174 Å². The molecule has 1 aromatic carbocycles. The summed E-state index contributed by atoms with van der Waals surface area (Å²) in [6, 6.07) is 7.52. The summed E-state index contributed by atoms with van der Waals surface area (Å²) in [4.78, 5) is 40.0. The largest absolute Gasteiger partial charge is 0.440 e. The summed E-state index contributed by atoms with van der Waals surface area (Å²) >= 11 is 0. The zero-order chi connectivity index (χ0) is 20.7. The molecule has 4 heterocycles. The van der Waals surface area contributed by atoms with Crippen LogP contribution >= 0.6 is 0 Å². The van der Waals surface area contributed by atoms with E-state index in [0.29, 0.717) is 30.9 Å². The molecule has 0 spiro atoms. The Balaban J connectivity index is 1.32. The van der Waals surface area contributed by atoms with Crippen LogP contribution in [-0.4, -0.2) is 43.7 Å². The van der Waals surface area contributed by atoms with Crippen LogP contribution in [0.15, 0.2) is 41.1 Å². The molecule has 2 fully saturated rings. The third-order valence-electron chi connectivity index (χ3n) is 6.72. The number of hydrogen-bond acceptors (Lipinski definition) is 5. The van der Waals surface area contributed by atoms with Gasteiger partial charge < -0.3 is 19.6 Å². The van der Waals surface area contributed by atoms with E-state index in [0.717, 1.165) is 24.2 Å². The minimum absolute atomic E-state index is 0.00765. The van der Waals surface area contributed by atoms with Gasteiger partial charge in [0.05, 0.1) is 12.0 Å². The molecule has 2 bridgehead atoms. The van der Waals surface area contributed by atoms with Gasteiger partial charge in [-0.25, -0.2) is 9.97 Å². The molecule has 0 unspecified atom stereocenters. The quantitative estimate of drug-likeness (QED) is 0.654. The highest BCUT2D eigenvalue weighted by Gasteiger charge is 2.60. The number of H-pyrrole nitrogens is 1. The van der Waals surface area contributed by atoms with Crippen molar-refractivity contribution in [2.75, 3.05) is 0 Å². The number of rotatable bonds is 6. The summed E-state index contributed by atoms with van der Waals surface area (Å²) in [5.74, 6) is 1.15. The van der Waals surface area contributed by atoms with Crippen LogP contribution in [0, 0.1) is 5.41 Å². The fourth-order valence-electron chi connectivity index (χ4n) is 5.30. The van der Waals surface area contributed by atoms with E-state index in [1.165, 1.54) is 0 Å². The average molecular weight is 407 g/mol. The average Bonchev–Trinajstić information content (AvgIpc) is 3.54. The molecule has 156 valence electrons. The van der Waals surface area contributed by atoms with Crippen LogP contribution in [0.2, 0.25) is 0 Å². The molecule has 0 radical (unpaired) electrons. The molecule has 2 N–H and O–H groups in total. The van der Waals surface area contributed by atoms with Gasteiger partial charge in [0.2, 0.25) is 17.7 Å². The van der Waals surface area contributed by atoms with Gasteiger partial charge in [0.25, 0.3) is 0 Å². The van der Waals surface area contributed by atoms with Crippen molar-refractivity contribution in [1.82, 2.24) is 25.2 Å². The van der Waals surface area contributed by atoms with E-state index >= 15 is 0 Å². The highest BCUT2D eigenvalue weighted by Crippen LogP contribution is 2.52. The van der Waals surface area contributed by atoms with Gasteiger partial charge in [-0.1, -0.05) is 19.1 Å². The van der Waals surface area contributed by atoms with E-state index in [9.17, 15) is 9.59 Å². The number of aromatic amines is 1. The van der Waals surface area contributed by atoms with Crippen molar-refractivity contribution in [3.63, 3.8) is 0 Å². The van der Waals surface area contributed by atoms with Crippen LogP contribution < -0.4 is 5.32 Å². The maximum Gasteiger partial charge on any atom is 0.232 e. The second-order valence-corrected chi connectivity index (χ2v) is 8.23. The highest BCUT2D eigenvalue weighted by atomic mass is 16.3. The van der Waals surface area contributed by atoms with Gasteiger partial charge in [0.1, 0.15) is 17.8 Å². The summed E-state index contributed by atoms with van der Waals surface area (Å²) in [5.41, 5.74) is 0.891. The number of fused-ring (bicyclic) bond motifs is 3. The molecule has 2 amide bonds. The second-order valence-electron chi connectivity index (χ2n) is 8.23. The van der Waals surface area contributed by atoms with E-state index in [1.807, 2.05) is 36.1 Å². The molecular formula is C22H25N5O3. The van der Waals surface area contributed by atoms with E-state index in [1.54, 1.807) is 12.4 Å². The van der Waals surface area contributed by atoms with Gasteiger partial charge in [0, 0.05) is 24.5 Å². The number of benzene rings is 1. The van der Waals surface area contributed by atoms with E-state index < -0.39 is 5.41 Å². The summed E-state index contributed by atoms with van der Waals surface area (Å²) in [5, 5.41) is 3.03. The van der Waals surface area contributed by atoms with Crippen molar-refractivity contribution >= 4 is 22.9 Å². The number of amides is 2. The Morgan fingerprint density at radius 2 is 2.20 bits per heavy atom. The predicted octanol–water partition coefficient (Wildman–Crippen LogP) is 2.57. The Kier molecular flexibility index (Phi) is 4.56. The van der Waals surface area contributed by atoms with Gasteiger partial charge in [0.15, 0.2) is 5.58 Å². The van der Waals surface area contributed by atoms with E-state index in [4.69, 9.17) is 4.42 Å². The van der Waals surface area contributed by atoms with E-state index in [2.05, 4.69) is 20.3 Å². The first-order chi connectivity index (χ1) is 14.6. The maximum atomic E-state index is 13.2. The number of imidazole rings is 1. The molecule has 3 aromatic rings. The van der Waals surface area contributed by atoms with Crippen molar-refractivity contribution in [2.45, 2.75) is 57.7 Å². The van der Waals surface area contributed by atoms with Crippen LogP contribution in [0.5, 0.6) is 0 Å². The molecule has 2 aromatic heterocycles. The zero-order valence-electron chi connectivity index (χ0n) is 16.9. The lowest BCUT2D eigenvalue weighted by Gasteiger charge is -2.35. The monoisotopic (exact) mass is 407 g/mol. The lowest BCUT2D eigenvalue weighted by atomic mass is 9.71. The maximum absolute atomic E-state index is 13.2. The van der Waals surface area contributed by atoms with Crippen molar-refractivity contribution in [3.05, 3.63) is 48.4 Å². The van der Waals surface area contributed by atoms with Gasteiger partial charge in [-0.2, -0.15) is 0 Å². The molecule has 2 saturated heterocycles. The number of carbonyl (C=O) groups is 2. The second kappa shape index (κ2) is 7.27. The molecule has 0 aliphatic carbocycles. The summed E-state index contributed by atoms with van der Waals surface area (Å²) in [7, 11) is 0. The molecule has 2 aliphatic heterocycles. The first kappa shape index (κ1) is 18.8. The molecule has 0 saturated carbocycles. The minimum Gasteiger partial charge on any atom is -0.440 e. The lowest BCUT2D eigenvalue weighted by Crippen LogP contribution is -2.49. The van der Waals surface area contributed by atoms with Gasteiger partial charge in [-0.05, 0) is 37.8 Å². The standard InChI is InChI=1S/C22H25N5O3/c1-2-22(21(29)25-13-18-23-9-10-24-18)12-14-7-8-17(22)27(14)20(28)11-19-26-15-5-3-4-6-16(15)30-19/h3-6,9-10,14,17H,2,7-8,11-13H2,1H3,(H,23,24)(H,25,29)/t14-,17+,22+/m1/s1. The lowest BCUT2D eigenvalue weighted by molar-refractivity contribution is -0.136. The van der Waals surface area contributed by atoms with Crippen molar-refractivity contribution < 1.29 is 14.0 Å². The summed E-state index contributed by atoms with van der Waals surface area (Å²) < 4.78 is 5.75. The Morgan fingerprint density at radius 3 is 2.97 bits per heavy atom. The molecule has 3 atom stereocenters. The van der Waals surface area contributed by atoms with Crippen LogP contribution in [-0.2, 0) is 22.6 Å². The third kappa shape index (κ3) is 2.98. The molecule has 30 heavy (non-hydrogen) atoms. The number of aromatic nitrogens is 3. The Morgan fingerprint density at radius 1 is 1.33 bits per heavy atom. The van der Waals surface area contributed by atoms with Crippen LogP contribution in [0.4, 0.5) is 0 Å². The first-order valence-corrected chi connectivity index (χ1v) is 10.5. The first-order valence-electron chi connectivity index (χ1n) is 10.5. The van der Waals surface area contributed by atoms with Crippen molar-refractivity contribution in [3.8, 4) is 0 Å². The number of nitrogens with one attached hydrogen (secondary N) is 2.